The first kappa shape index (κ1) is 20.7. The minimum absolute atomic E-state index is 0.0533. The summed E-state index contributed by atoms with van der Waals surface area (Å²) in [7, 11) is 0. The average molecular weight is 460 g/mol. The van der Waals surface area contributed by atoms with Gasteiger partial charge in [0.05, 0.1) is 11.5 Å². The number of nitrogens with zero attached hydrogens (tertiary/aromatic N) is 1. The van der Waals surface area contributed by atoms with E-state index in [-0.39, 0.29) is 23.8 Å². The lowest BCUT2D eigenvalue weighted by atomic mass is 9.92. The number of aromatic amines is 1. The lowest BCUT2D eigenvalue weighted by Gasteiger charge is -2.24. The third kappa shape index (κ3) is 4.16. The first-order valence-corrected chi connectivity index (χ1v) is 10.6. The highest BCUT2D eigenvalue weighted by molar-refractivity contribution is 6.30. The number of hydrogen-bond acceptors (Lipinski definition) is 5. The molecule has 8 nitrogen and oxygen atoms in total. The number of anilines is 4. The number of carbonyl (C=O) groups excluding carboxylic acids is 2. The second kappa shape index (κ2) is 8.40. The van der Waals surface area contributed by atoms with Crippen molar-refractivity contribution in [3.05, 3.63) is 87.7 Å². The summed E-state index contributed by atoms with van der Waals surface area (Å²) in [4.78, 5) is 45.4. The Morgan fingerprint density at radius 1 is 1.03 bits per heavy atom. The van der Waals surface area contributed by atoms with Gasteiger partial charge in [-0.3, -0.25) is 19.4 Å². The van der Waals surface area contributed by atoms with E-state index in [0.717, 1.165) is 10.8 Å². The van der Waals surface area contributed by atoms with Crippen LogP contribution in [0.25, 0.3) is 10.8 Å². The first-order valence-electron chi connectivity index (χ1n) is 10.2. The molecule has 0 spiro atoms. The predicted octanol–water partition coefficient (Wildman–Crippen LogP) is 4.38. The summed E-state index contributed by atoms with van der Waals surface area (Å²) < 4.78 is 0. The summed E-state index contributed by atoms with van der Waals surface area (Å²) in [6, 6.07) is 20.1. The normalized spacial score (nSPS) is 14.9. The van der Waals surface area contributed by atoms with E-state index in [2.05, 4.69) is 25.9 Å². The summed E-state index contributed by atoms with van der Waals surface area (Å²) in [5.41, 5.74) is 0.818. The fourth-order valence-corrected chi connectivity index (χ4v) is 4.10. The van der Waals surface area contributed by atoms with Crippen LogP contribution < -0.4 is 21.5 Å². The number of benzene rings is 3. The van der Waals surface area contributed by atoms with Gasteiger partial charge in [-0.05, 0) is 29.7 Å². The van der Waals surface area contributed by atoms with Crippen LogP contribution in [0.15, 0.2) is 71.5 Å². The van der Waals surface area contributed by atoms with Gasteiger partial charge in [0.1, 0.15) is 5.82 Å². The van der Waals surface area contributed by atoms with Gasteiger partial charge < -0.3 is 16.0 Å². The van der Waals surface area contributed by atoms with Gasteiger partial charge in [0.2, 0.25) is 17.8 Å². The van der Waals surface area contributed by atoms with Gasteiger partial charge in [0.15, 0.2) is 0 Å². The molecule has 0 saturated heterocycles. The number of H-pyrrole nitrogens is 1. The molecule has 0 aliphatic carbocycles. The summed E-state index contributed by atoms with van der Waals surface area (Å²) in [6.45, 7) is 0. The van der Waals surface area contributed by atoms with E-state index in [1.54, 1.807) is 30.3 Å². The molecular weight excluding hydrogens is 442 g/mol. The van der Waals surface area contributed by atoms with E-state index in [4.69, 9.17) is 11.6 Å². The number of fused-ring (bicyclic) bond motifs is 2. The summed E-state index contributed by atoms with van der Waals surface area (Å²) in [5.74, 6) is -1.66. The molecule has 1 aliphatic rings. The zero-order chi connectivity index (χ0) is 22.9. The Morgan fingerprint density at radius 2 is 1.82 bits per heavy atom. The Labute approximate surface area is 193 Å². The van der Waals surface area contributed by atoms with Gasteiger partial charge in [0, 0.05) is 28.2 Å². The Hall–Kier alpha value is -4.17. The number of nitrogens with one attached hydrogen (secondary N) is 4. The minimum Gasteiger partial charge on any atom is -0.326 e. The van der Waals surface area contributed by atoms with Crippen LogP contribution in [0.5, 0.6) is 0 Å². The van der Waals surface area contributed by atoms with Crippen LogP contribution in [0, 0.1) is 0 Å². The van der Waals surface area contributed by atoms with E-state index >= 15 is 0 Å². The zero-order valence-corrected chi connectivity index (χ0v) is 17.9. The average Bonchev–Trinajstić information content (AvgIpc) is 2.78. The predicted molar refractivity (Wildman–Crippen MR) is 128 cm³/mol. The molecule has 1 atom stereocenters. The van der Waals surface area contributed by atoms with Crippen molar-refractivity contribution in [2.45, 2.75) is 12.3 Å². The number of carbonyl (C=O) groups is 2. The minimum atomic E-state index is -0.982. The lowest BCUT2D eigenvalue weighted by molar-refractivity contribution is -0.123. The molecule has 1 aliphatic heterocycles. The number of amides is 2. The molecule has 0 saturated carbocycles. The van der Waals surface area contributed by atoms with Crippen molar-refractivity contribution in [1.29, 1.82) is 0 Å². The molecule has 2 heterocycles. The van der Waals surface area contributed by atoms with Gasteiger partial charge >= 0.3 is 0 Å². The molecule has 33 heavy (non-hydrogen) atoms. The van der Waals surface area contributed by atoms with E-state index in [1.165, 1.54) is 0 Å². The van der Waals surface area contributed by atoms with Crippen molar-refractivity contribution < 1.29 is 9.59 Å². The van der Waals surface area contributed by atoms with Crippen molar-refractivity contribution in [3.63, 3.8) is 0 Å². The van der Waals surface area contributed by atoms with Gasteiger partial charge in [-0.15, -0.1) is 0 Å². The molecule has 0 bridgehead atoms. The number of hydrogen-bond donors (Lipinski definition) is 4. The van der Waals surface area contributed by atoms with Crippen LogP contribution in [-0.4, -0.2) is 21.8 Å². The van der Waals surface area contributed by atoms with E-state index in [0.29, 0.717) is 16.4 Å². The lowest BCUT2D eigenvalue weighted by Crippen LogP contribution is -2.36. The molecule has 0 unspecified atom stereocenters. The molecule has 9 heteroatoms. The number of halogens is 1. The largest absolute Gasteiger partial charge is 0.326 e. The highest BCUT2D eigenvalue weighted by atomic mass is 35.5. The molecular formula is C24H18ClN5O3. The highest BCUT2D eigenvalue weighted by Crippen LogP contribution is 2.31. The fraction of sp³-hybridized carbons (Fsp3) is 0.0833. The van der Waals surface area contributed by atoms with Gasteiger partial charge in [-0.2, -0.15) is 4.98 Å². The zero-order valence-electron chi connectivity index (χ0n) is 17.2. The molecule has 0 fully saturated rings. The molecule has 4 N–H and O–H groups in total. The standard InChI is InChI=1S/C24H18ClN5O3/c25-14-7-4-8-15(11-14)26-24-29-21-20(23(33)30-24)17(12-19(31)28-21)22(32)27-18-10-3-6-13-5-1-2-9-16(13)18/h1-11,17H,12H2,(H,27,32)(H3,26,28,29,30,31,33)/t17-/m0/s1. The van der Waals surface area contributed by atoms with Crippen LogP contribution in [0.2, 0.25) is 5.02 Å². The fourth-order valence-electron chi connectivity index (χ4n) is 3.91. The van der Waals surface area contributed by atoms with Crippen LogP contribution in [0.4, 0.5) is 23.1 Å². The number of aromatic nitrogens is 2. The van der Waals surface area contributed by atoms with Crippen LogP contribution in [0.1, 0.15) is 17.9 Å². The highest BCUT2D eigenvalue weighted by Gasteiger charge is 2.35. The molecule has 0 radical (unpaired) electrons. The maximum atomic E-state index is 13.2. The summed E-state index contributed by atoms with van der Waals surface area (Å²) in [5, 5.41) is 10.8. The Kier molecular flexibility index (Phi) is 5.27. The van der Waals surface area contributed by atoms with E-state index in [1.807, 2.05) is 36.4 Å². The van der Waals surface area contributed by atoms with Crippen LogP contribution >= 0.6 is 11.6 Å². The SMILES string of the molecule is O=C1C[C@H](C(=O)Nc2cccc3ccccc23)c2c(nc(Nc3cccc(Cl)c3)[nH]c2=O)N1. The Morgan fingerprint density at radius 3 is 2.67 bits per heavy atom. The monoisotopic (exact) mass is 459 g/mol. The third-order valence-electron chi connectivity index (χ3n) is 5.40. The molecule has 2 amide bonds. The van der Waals surface area contributed by atoms with Crippen LogP contribution in [-0.2, 0) is 9.59 Å². The second-order valence-corrected chi connectivity index (χ2v) is 8.07. The maximum Gasteiger partial charge on any atom is 0.258 e. The second-order valence-electron chi connectivity index (χ2n) is 7.63. The quantitative estimate of drug-likeness (QED) is 0.361. The summed E-state index contributed by atoms with van der Waals surface area (Å²) in [6.07, 6.45) is -0.157. The van der Waals surface area contributed by atoms with E-state index in [9.17, 15) is 14.4 Å². The Bertz CT molecular complexity index is 1460. The van der Waals surface area contributed by atoms with Crippen molar-refractivity contribution in [1.82, 2.24) is 9.97 Å². The first-order chi connectivity index (χ1) is 16.0. The van der Waals surface area contributed by atoms with Gasteiger partial charge in [0.25, 0.3) is 5.56 Å². The van der Waals surface area contributed by atoms with Crippen molar-refractivity contribution in [2.24, 2.45) is 0 Å². The summed E-state index contributed by atoms with van der Waals surface area (Å²) >= 11 is 6.00. The molecule has 1 aromatic heterocycles. The van der Waals surface area contributed by atoms with Crippen molar-refractivity contribution in [3.8, 4) is 0 Å². The smallest absolute Gasteiger partial charge is 0.258 e. The van der Waals surface area contributed by atoms with Gasteiger partial charge in [-0.25, -0.2) is 0 Å². The maximum absolute atomic E-state index is 13.2. The van der Waals surface area contributed by atoms with Crippen molar-refractivity contribution in [2.75, 3.05) is 16.0 Å². The van der Waals surface area contributed by atoms with Crippen LogP contribution in [0.3, 0.4) is 0 Å². The number of rotatable bonds is 4. The molecule has 5 rings (SSSR count). The van der Waals surface area contributed by atoms with Crippen molar-refractivity contribution >= 4 is 57.3 Å². The third-order valence-corrected chi connectivity index (χ3v) is 5.64. The topological polar surface area (TPSA) is 116 Å². The van der Waals surface area contributed by atoms with Gasteiger partial charge in [-0.1, -0.05) is 54.1 Å². The Balaban J connectivity index is 1.47. The van der Waals surface area contributed by atoms with E-state index < -0.39 is 23.3 Å². The molecule has 3 aromatic carbocycles. The molecule has 164 valence electrons. The molecule has 4 aromatic rings.